The van der Waals surface area contributed by atoms with Crippen molar-refractivity contribution in [1.82, 2.24) is 10.2 Å². The van der Waals surface area contributed by atoms with Crippen LogP contribution >= 0.6 is 0 Å². The van der Waals surface area contributed by atoms with E-state index in [1.807, 2.05) is 0 Å². The number of hydrogen-bond donors (Lipinski definition) is 1. The van der Waals surface area contributed by atoms with Crippen molar-refractivity contribution in [3.8, 4) is 0 Å². The lowest BCUT2D eigenvalue weighted by atomic mass is 10.3. The molecule has 0 aromatic carbocycles. The molecule has 1 heterocycles. The van der Waals surface area contributed by atoms with E-state index in [-0.39, 0.29) is 23.5 Å². The first-order valence-electron chi connectivity index (χ1n) is 4.69. The maximum atomic E-state index is 11.4. The quantitative estimate of drug-likeness (QED) is 0.673. The maximum Gasteiger partial charge on any atom is 0.240 e. The van der Waals surface area contributed by atoms with Gasteiger partial charge in [0.25, 0.3) is 0 Å². The first-order chi connectivity index (χ1) is 6.46. The summed E-state index contributed by atoms with van der Waals surface area (Å²) >= 11 is 0. The highest BCUT2D eigenvalue weighted by Crippen LogP contribution is 2.03. The molecule has 0 aromatic rings. The van der Waals surface area contributed by atoms with Crippen LogP contribution in [0.25, 0.3) is 0 Å². The van der Waals surface area contributed by atoms with Gasteiger partial charge < -0.3 is 4.90 Å². The molecule has 5 nitrogen and oxygen atoms in total. The van der Waals surface area contributed by atoms with Crippen LogP contribution in [0.5, 0.6) is 0 Å². The minimum Gasteiger partial charge on any atom is -0.328 e. The molecule has 0 bridgehead atoms. The number of rotatable bonds is 4. The summed E-state index contributed by atoms with van der Waals surface area (Å²) in [5, 5.41) is 2.96. The summed E-state index contributed by atoms with van der Waals surface area (Å²) in [5.41, 5.74) is 0. The molecule has 0 aromatic heterocycles. The van der Waals surface area contributed by atoms with Crippen LogP contribution in [-0.4, -0.2) is 50.0 Å². The van der Waals surface area contributed by atoms with Crippen LogP contribution in [0.3, 0.4) is 0 Å². The van der Waals surface area contributed by atoms with E-state index >= 15 is 0 Å². The molecule has 0 spiro atoms. The van der Waals surface area contributed by atoms with Gasteiger partial charge in [0, 0.05) is 12.3 Å². The zero-order valence-electron chi connectivity index (χ0n) is 8.49. The van der Waals surface area contributed by atoms with Crippen molar-refractivity contribution in [2.45, 2.75) is 19.9 Å². The van der Waals surface area contributed by atoms with Gasteiger partial charge in [-0.05, 0) is 6.92 Å². The van der Waals surface area contributed by atoms with E-state index in [4.69, 9.17) is 0 Å². The van der Waals surface area contributed by atoms with Gasteiger partial charge in [0.05, 0.1) is 18.5 Å². The Morgan fingerprint density at radius 1 is 1.57 bits per heavy atom. The summed E-state index contributed by atoms with van der Waals surface area (Å²) in [4.78, 5) is 12.9. The molecule has 1 aliphatic rings. The van der Waals surface area contributed by atoms with Gasteiger partial charge in [0.15, 0.2) is 9.84 Å². The highest BCUT2D eigenvalue weighted by molar-refractivity contribution is 7.91. The number of nitrogens with one attached hydrogen (secondary N) is 1. The fourth-order valence-corrected chi connectivity index (χ4v) is 2.06. The van der Waals surface area contributed by atoms with E-state index in [9.17, 15) is 13.2 Å². The third-order valence-electron chi connectivity index (χ3n) is 2.38. The Kier molecular flexibility index (Phi) is 3.49. The van der Waals surface area contributed by atoms with E-state index in [0.29, 0.717) is 13.2 Å². The molecule has 82 valence electrons. The lowest BCUT2D eigenvalue weighted by Gasteiger charge is -2.14. The van der Waals surface area contributed by atoms with Crippen LogP contribution < -0.4 is 5.32 Å². The average Bonchev–Trinajstić information content (AvgIpc) is 2.45. The number of hydrogen-bond acceptors (Lipinski definition) is 4. The summed E-state index contributed by atoms with van der Waals surface area (Å²) in [6.07, 6.45) is 0. The Bertz CT molecular complexity index is 313. The van der Waals surface area contributed by atoms with Gasteiger partial charge in [0.2, 0.25) is 5.91 Å². The second-order valence-electron chi connectivity index (χ2n) is 3.42. The molecule has 1 atom stereocenters. The highest BCUT2D eigenvalue weighted by Gasteiger charge is 2.27. The van der Waals surface area contributed by atoms with Crippen molar-refractivity contribution in [3.63, 3.8) is 0 Å². The second-order valence-corrected chi connectivity index (χ2v) is 5.89. The Morgan fingerprint density at radius 3 is 2.64 bits per heavy atom. The summed E-state index contributed by atoms with van der Waals surface area (Å²) in [5.74, 6) is 0.179. The molecule has 1 N–H and O–H groups in total. The molecule has 6 heteroatoms. The molecule has 1 amide bonds. The van der Waals surface area contributed by atoms with Crippen molar-refractivity contribution in [1.29, 1.82) is 0 Å². The van der Waals surface area contributed by atoms with E-state index in [1.165, 1.54) is 4.90 Å². The van der Waals surface area contributed by atoms with Crippen LogP contribution in [0.1, 0.15) is 13.8 Å². The smallest absolute Gasteiger partial charge is 0.240 e. The second kappa shape index (κ2) is 4.27. The van der Waals surface area contributed by atoms with Crippen molar-refractivity contribution in [2.24, 2.45) is 0 Å². The van der Waals surface area contributed by atoms with Crippen LogP contribution in [0, 0.1) is 0 Å². The SMILES string of the molecule is CCS(=O)(=O)CCN1CNC(C)C1=O. The van der Waals surface area contributed by atoms with Crippen molar-refractivity contribution in [3.05, 3.63) is 0 Å². The lowest BCUT2D eigenvalue weighted by Crippen LogP contribution is -2.33. The number of carbonyl (C=O) groups excluding carboxylic acids is 1. The van der Waals surface area contributed by atoms with Gasteiger partial charge in [-0.1, -0.05) is 6.92 Å². The fraction of sp³-hybridized carbons (Fsp3) is 0.875. The molecule has 1 unspecified atom stereocenters. The predicted octanol–water partition coefficient (Wildman–Crippen LogP) is -0.801. The summed E-state index contributed by atoms with van der Waals surface area (Å²) in [6, 6.07) is -0.181. The molecule has 1 fully saturated rings. The van der Waals surface area contributed by atoms with E-state index in [0.717, 1.165) is 0 Å². The van der Waals surface area contributed by atoms with E-state index < -0.39 is 9.84 Å². The Labute approximate surface area is 84.4 Å². The molecule has 0 saturated carbocycles. The molecular formula is C8H16N2O3S. The normalized spacial score (nSPS) is 23.1. The Hall–Kier alpha value is -0.620. The number of amides is 1. The van der Waals surface area contributed by atoms with Crippen molar-refractivity contribution < 1.29 is 13.2 Å². The fourth-order valence-electron chi connectivity index (χ4n) is 1.27. The topological polar surface area (TPSA) is 66.5 Å². The highest BCUT2D eigenvalue weighted by atomic mass is 32.2. The third kappa shape index (κ3) is 2.68. The van der Waals surface area contributed by atoms with Gasteiger partial charge in [-0.3, -0.25) is 10.1 Å². The Morgan fingerprint density at radius 2 is 2.21 bits per heavy atom. The summed E-state index contributed by atoms with van der Waals surface area (Å²) < 4.78 is 22.4. The Balaban J connectivity index is 2.44. The molecule has 0 radical (unpaired) electrons. The number of nitrogens with zero attached hydrogens (tertiary/aromatic N) is 1. The third-order valence-corrected chi connectivity index (χ3v) is 4.07. The lowest BCUT2D eigenvalue weighted by molar-refractivity contribution is -0.128. The van der Waals surface area contributed by atoms with Gasteiger partial charge >= 0.3 is 0 Å². The monoisotopic (exact) mass is 220 g/mol. The number of carbonyl (C=O) groups is 1. The van der Waals surface area contributed by atoms with Crippen molar-refractivity contribution in [2.75, 3.05) is 24.7 Å². The standard InChI is InChI=1S/C8H16N2O3S/c1-3-14(12,13)5-4-10-6-9-7(2)8(10)11/h7,9H,3-6H2,1-2H3. The minimum atomic E-state index is -2.97. The van der Waals surface area contributed by atoms with Crippen LogP contribution in [0.2, 0.25) is 0 Å². The summed E-state index contributed by atoms with van der Waals surface area (Å²) in [6.45, 7) is 4.14. The van der Waals surface area contributed by atoms with Crippen molar-refractivity contribution >= 4 is 15.7 Å². The first kappa shape index (κ1) is 11.5. The van der Waals surface area contributed by atoms with Crippen LogP contribution in [-0.2, 0) is 14.6 Å². The molecule has 1 aliphatic heterocycles. The molecule has 0 aliphatic carbocycles. The maximum absolute atomic E-state index is 11.4. The molecule has 1 rings (SSSR count). The average molecular weight is 220 g/mol. The molecular weight excluding hydrogens is 204 g/mol. The number of sulfone groups is 1. The van der Waals surface area contributed by atoms with E-state index in [1.54, 1.807) is 13.8 Å². The molecule has 14 heavy (non-hydrogen) atoms. The predicted molar refractivity (Wildman–Crippen MR) is 53.5 cm³/mol. The molecule has 1 saturated heterocycles. The van der Waals surface area contributed by atoms with Gasteiger partial charge in [0.1, 0.15) is 0 Å². The zero-order valence-corrected chi connectivity index (χ0v) is 9.30. The van der Waals surface area contributed by atoms with Gasteiger partial charge in [-0.25, -0.2) is 8.42 Å². The van der Waals surface area contributed by atoms with Gasteiger partial charge in [-0.2, -0.15) is 0 Å². The largest absolute Gasteiger partial charge is 0.328 e. The van der Waals surface area contributed by atoms with Crippen LogP contribution in [0.15, 0.2) is 0 Å². The van der Waals surface area contributed by atoms with Crippen LogP contribution in [0.4, 0.5) is 0 Å². The van der Waals surface area contributed by atoms with E-state index in [2.05, 4.69) is 5.32 Å². The van der Waals surface area contributed by atoms with Gasteiger partial charge in [-0.15, -0.1) is 0 Å². The summed E-state index contributed by atoms with van der Waals surface area (Å²) in [7, 11) is -2.97. The minimum absolute atomic E-state index is 0.0173. The first-order valence-corrected chi connectivity index (χ1v) is 6.51. The zero-order chi connectivity index (χ0) is 10.8.